The van der Waals surface area contributed by atoms with Gasteiger partial charge in [-0.05, 0) is 6.42 Å². The van der Waals surface area contributed by atoms with Crippen molar-refractivity contribution in [3.63, 3.8) is 0 Å². The number of aryl methyl sites for hydroxylation is 1. The van der Waals surface area contributed by atoms with Crippen molar-refractivity contribution < 1.29 is 4.42 Å². The van der Waals surface area contributed by atoms with Crippen molar-refractivity contribution in [3.8, 4) is 0 Å². The van der Waals surface area contributed by atoms with E-state index in [1.807, 2.05) is 0 Å². The second kappa shape index (κ2) is 4.24. The van der Waals surface area contributed by atoms with Crippen molar-refractivity contribution in [1.29, 1.82) is 0 Å². The van der Waals surface area contributed by atoms with E-state index in [1.165, 1.54) is 6.42 Å². The van der Waals surface area contributed by atoms with Crippen LogP contribution in [0.1, 0.15) is 51.3 Å². The van der Waals surface area contributed by atoms with Crippen molar-refractivity contribution in [2.75, 3.05) is 0 Å². The molecule has 0 saturated carbocycles. The SMILES string of the molecule is CCCCc1nnc(C(C)C)o1. The van der Waals surface area contributed by atoms with Crippen LogP contribution >= 0.6 is 0 Å². The van der Waals surface area contributed by atoms with Crippen LogP contribution < -0.4 is 0 Å². The third-order valence-corrected chi connectivity index (χ3v) is 1.72. The maximum absolute atomic E-state index is 5.42. The first kappa shape index (κ1) is 9.23. The molecule has 0 spiro atoms. The first-order valence-corrected chi connectivity index (χ1v) is 4.56. The van der Waals surface area contributed by atoms with Crippen molar-refractivity contribution in [1.82, 2.24) is 10.2 Å². The molecule has 0 saturated heterocycles. The fraction of sp³-hybridized carbons (Fsp3) is 0.778. The molecule has 0 radical (unpaired) electrons. The van der Waals surface area contributed by atoms with Gasteiger partial charge in [0.25, 0.3) is 0 Å². The minimum atomic E-state index is 0.341. The van der Waals surface area contributed by atoms with Crippen LogP contribution in [0.5, 0.6) is 0 Å². The number of hydrogen-bond donors (Lipinski definition) is 0. The van der Waals surface area contributed by atoms with Crippen LogP contribution in [0.4, 0.5) is 0 Å². The summed E-state index contributed by atoms with van der Waals surface area (Å²) in [7, 11) is 0. The molecule has 0 aromatic carbocycles. The zero-order valence-corrected chi connectivity index (χ0v) is 8.00. The van der Waals surface area contributed by atoms with E-state index < -0.39 is 0 Å². The number of hydrogen-bond acceptors (Lipinski definition) is 3. The van der Waals surface area contributed by atoms with Gasteiger partial charge in [0.2, 0.25) is 11.8 Å². The topological polar surface area (TPSA) is 38.9 Å². The maximum Gasteiger partial charge on any atom is 0.219 e. The van der Waals surface area contributed by atoms with Crippen LogP contribution in [0.15, 0.2) is 4.42 Å². The largest absolute Gasteiger partial charge is 0.425 e. The van der Waals surface area contributed by atoms with Gasteiger partial charge >= 0.3 is 0 Å². The van der Waals surface area contributed by atoms with E-state index in [2.05, 4.69) is 31.0 Å². The highest BCUT2D eigenvalue weighted by Crippen LogP contribution is 2.12. The fourth-order valence-corrected chi connectivity index (χ4v) is 0.929. The third kappa shape index (κ3) is 2.32. The number of unbranched alkanes of at least 4 members (excludes halogenated alkanes) is 1. The molecule has 3 heteroatoms. The summed E-state index contributed by atoms with van der Waals surface area (Å²) in [5.74, 6) is 1.87. The number of aromatic nitrogens is 2. The van der Waals surface area contributed by atoms with Gasteiger partial charge < -0.3 is 4.42 Å². The zero-order valence-electron chi connectivity index (χ0n) is 8.00. The predicted molar refractivity (Wildman–Crippen MR) is 47.0 cm³/mol. The Morgan fingerprint density at radius 2 is 2.08 bits per heavy atom. The molecule has 0 aliphatic rings. The molecule has 0 bridgehead atoms. The van der Waals surface area contributed by atoms with Crippen LogP contribution in [-0.4, -0.2) is 10.2 Å². The highest BCUT2D eigenvalue weighted by Gasteiger charge is 2.08. The highest BCUT2D eigenvalue weighted by molar-refractivity contribution is 4.86. The van der Waals surface area contributed by atoms with E-state index in [0.29, 0.717) is 5.92 Å². The smallest absolute Gasteiger partial charge is 0.219 e. The molecular weight excluding hydrogens is 152 g/mol. The van der Waals surface area contributed by atoms with Crippen LogP contribution in [0.25, 0.3) is 0 Å². The quantitative estimate of drug-likeness (QED) is 0.693. The van der Waals surface area contributed by atoms with Crippen molar-refractivity contribution in [2.24, 2.45) is 0 Å². The summed E-state index contributed by atoms with van der Waals surface area (Å²) >= 11 is 0. The van der Waals surface area contributed by atoms with Crippen LogP contribution in [0.2, 0.25) is 0 Å². The monoisotopic (exact) mass is 168 g/mol. The van der Waals surface area contributed by atoms with E-state index in [1.54, 1.807) is 0 Å². The Morgan fingerprint density at radius 3 is 2.58 bits per heavy atom. The molecule has 0 amide bonds. The molecule has 0 aliphatic heterocycles. The van der Waals surface area contributed by atoms with Crippen LogP contribution in [0.3, 0.4) is 0 Å². The van der Waals surface area contributed by atoms with Crippen LogP contribution in [0, 0.1) is 0 Å². The van der Waals surface area contributed by atoms with Gasteiger partial charge in [0.15, 0.2) is 0 Å². The lowest BCUT2D eigenvalue weighted by Crippen LogP contribution is -1.85. The summed E-state index contributed by atoms with van der Waals surface area (Å²) in [6.45, 7) is 6.26. The Labute approximate surface area is 73.2 Å². The lowest BCUT2D eigenvalue weighted by molar-refractivity contribution is 0.427. The summed E-state index contributed by atoms with van der Waals surface area (Å²) in [5.41, 5.74) is 0. The second-order valence-electron chi connectivity index (χ2n) is 3.29. The van der Waals surface area contributed by atoms with E-state index >= 15 is 0 Å². The Bertz CT molecular complexity index is 230. The molecule has 0 aliphatic carbocycles. The average molecular weight is 168 g/mol. The van der Waals surface area contributed by atoms with Crippen molar-refractivity contribution >= 4 is 0 Å². The summed E-state index contributed by atoms with van der Waals surface area (Å²) in [4.78, 5) is 0. The molecule has 1 heterocycles. The zero-order chi connectivity index (χ0) is 8.97. The normalized spacial score (nSPS) is 11.0. The fourth-order valence-electron chi connectivity index (χ4n) is 0.929. The number of nitrogens with zero attached hydrogens (tertiary/aromatic N) is 2. The Morgan fingerprint density at radius 1 is 1.33 bits per heavy atom. The average Bonchev–Trinajstić information content (AvgIpc) is 2.48. The molecule has 0 N–H and O–H groups in total. The van der Waals surface area contributed by atoms with Gasteiger partial charge in [-0.25, -0.2) is 0 Å². The minimum Gasteiger partial charge on any atom is -0.425 e. The van der Waals surface area contributed by atoms with Crippen molar-refractivity contribution in [2.45, 2.75) is 46.0 Å². The number of rotatable bonds is 4. The van der Waals surface area contributed by atoms with Gasteiger partial charge in [-0.3, -0.25) is 0 Å². The summed E-state index contributed by atoms with van der Waals surface area (Å²) < 4.78 is 5.42. The van der Waals surface area contributed by atoms with Gasteiger partial charge in [0.05, 0.1) is 0 Å². The predicted octanol–water partition coefficient (Wildman–Crippen LogP) is 2.54. The van der Waals surface area contributed by atoms with Gasteiger partial charge in [-0.1, -0.05) is 27.2 Å². The molecule has 1 rings (SSSR count). The molecule has 3 nitrogen and oxygen atoms in total. The molecule has 0 unspecified atom stereocenters. The van der Waals surface area contributed by atoms with E-state index in [4.69, 9.17) is 4.42 Å². The molecule has 68 valence electrons. The Balaban J connectivity index is 2.52. The first-order valence-electron chi connectivity index (χ1n) is 4.56. The molecule has 0 fully saturated rings. The molecule has 12 heavy (non-hydrogen) atoms. The molecular formula is C9H16N2O. The van der Waals surface area contributed by atoms with E-state index in [0.717, 1.165) is 24.6 Å². The Hall–Kier alpha value is -0.860. The van der Waals surface area contributed by atoms with Gasteiger partial charge in [-0.15, -0.1) is 10.2 Å². The minimum absolute atomic E-state index is 0.341. The van der Waals surface area contributed by atoms with Gasteiger partial charge in [0.1, 0.15) is 0 Å². The second-order valence-corrected chi connectivity index (χ2v) is 3.29. The lowest BCUT2D eigenvalue weighted by atomic mass is 10.2. The van der Waals surface area contributed by atoms with Gasteiger partial charge in [0, 0.05) is 12.3 Å². The Kier molecular flexibility index (Phi) is 3.26. The molecule has 1 aromatic rings. The highest BCUT2D eigenvalue weighted by atomic mass is 16.4. The molecule has 1 aromatic heterocycles. The lowest BCUT2D eigenvalue weighted by Gasteiger charge is -1.94. The maximum atomic E-state index is 5.42. The van der Waals surface area contributed by atoms with E-state index in [-0.39, 0.29) is 0 Å². The van der Waals surface area contributed by atoms with Crippen molar-refractivity contribution in [3.05, 3.63) is 11.8 Å². The summed E-state index contributed by atoms with van der Waals surface area (Å²) in [5, 5.41) is 7.91. The molecule has 0 atom stereocenters. The standard InChI is InChI=1S/C9H16N2O/c1-4-5-6-8-10-11-9(12-8)7(2)3/h7H,4-6H2,1-3H3. The summed E-state index contributed by atoms with van der Waals surface area (Å²) in [6, 6.07) is 0. The third-order valence-electron chi connectivity index (χ3n) is 1.72. The van der Waals surface area contributed by atoms with Crippen LogP contribution in [-0.2, 0) is 6.42 Å². The first-order chi connectivity index (χ1) is 5.74. The van der Waals surface area contributed by atoms with Gasteiger partial charge in [-0.2, -0.15) is 0 Å². The van der Waals surface area contributed by atoms with E-state index in [9.17, 15) is 0 Å². The summed E-state index contributed by atoms with van der Waals surface area (Å²) in [6.07, 6.45) is 3.20.